The summed E-state index contributed by atoms with van der Waals surface area (Å²) in [6.45, 7) is 3.14. The van der Waals surface area contributed by atoms with Crippen LogP contribution in [-0.4, -0.2) is 36.3 Å². The molecule has 0 amide bonds. The standard InChI is InChI=1S/C26H28O4.2C2H5O.Ti/c27-23(19-25(29)21-13-7-5-8-14-21)17-11-3-1-2-4-12-18-24(28)20-26(30)22-15-9-6-10-16-22;2*1-2-3;/h5-10,13-16,19-20H,1-4,11-12,17-18H2;2*2H2,1H3;/q-2;2*-1;. The third-order valence-electron chi connectivity index (χ3n) is 4.80. The summed E-state index contributed by atoms with van der Waals surface area (Å²) in [4.78, 5) is 47.6. The molecule has 7 heteroatoms. The van der Waals surface area contributed by atoms with E-state index >= 15 is 0 Å². The molecular formula is C30H38O6Ti-4. The number of carbonyl (C=O) groups is 4. The maximum absolute atomic E-state index is 11.9. The van der Waals surface area contributed by atoms with Gasteiger partial charge in [-0.1, -0.05) is 75.9 Å². The molecule has 2 aromatic carbocycles. The molecule has 0 unspecified atom stereocenters. The Hall–Kier alpha value is -2.51. The van der Waals surface area contributed by atoms with Crippen molar-refractivity contribution in [3.05, 3.63) is 84.6 Å². The Bertz CT molecular complexity index is 795. The predicted octanol–water partition coefficient (Wildman–Crippen LogP) is 4.15. The van der Waals surface area contributed by atoms with E-state index in [1.807, 2.05) is 12.1 Å². The molecule has 0 aliphatic carbocycles. The van der Waals surface area contributed by atoms with Crippen molar-refractivity contribution in [2.75, 3.05) is 13.2 Å². The van der Waals surface area contributed by atoms with Crippen LogP contribution in [0.25, 0.3) is 0 Å². The summed E-state index contributed by atoms with van der Waals surface area (Å²) < 4.78 is 0. The van der Waals surface area contributed by atoms with Gasteiger partial charge in [0.15, 0.2) is 0 Å². The van der Waals surface area contributed by atoms with Crippen molar-refractivity contribution in [2.24, 2.45) is 0 Å². The van der Waals surface area contributed by atoms with Crippen LogP contribution in [0.2, 0.25) is 0 Å². The molecule has 2 rings (SSSR count). The van der Waals surface area contributed by atoms with Gasteiger partial charge >= 0.3 is 0 Å². The van der Waals surface area contributed by atoms with Crippen molar-refractivity contribution in [1.29, 1.82) is 0 Å². The Morgan fingerprint density at radius 2 is 0.838 bits per heavy atom. The van der Waals surface area contributed by atoms with Crippen molar-refractivity contribution in [1.82, 2.24) is 0 Å². The van der Waals surface area contributed by atoms with Crippen molar-refractivity contribution in [3.63, 3.8) is 0 Å². The molecule has 2 aromatic rings. The van der Waals surface area contributed by atoms with Crippen LogP contribution < -0.4 is 10.2 Å². The van der Waals surface area contributed by atoms with Crippen molar-refractivity contribution in [3.8, 4) is 0 Å². The van der Waals surface area contributed by atoms with Crippen LogP contribution in [0.3, 0.4) is 0 Å². The quantitative estimate of drug-likeness (QED) is 0.110. The number of hydrogen-bond acceptors (Lipinski definition) is 6. The minimum absolute atomic E-state index is 0. The van der Waals surface area contributed by atoms with Gasteiger partial charge in [-0.3, -0.25) is 0 Å². The zero-order valence-corrected chi connectivity index (χ0v) is 23.5. The Labute approximate surface area is 236 Å². The van der Waals surface area contributed by atoms with E-state index < -0.39 is 0 Å². The molecule has 202 valence electrons. The number of carbonyl (C=O) groups excluding carboxylic acids is 4. The normalized spacial score (nSPS) is 9.30. The summed E-state index contributed by atoms with van der Waals surface area (Å²) in [6.07, 6.45) is 8.48. The smallest absolute Gasteiger partial charge is 0.0798 e. The Balaban J connectivity index is 0. The van der Waals surface area contributed by atoms with Crippen molar-refractivity contribution in [2.45, 2.75) is 65.2 Å². The van der Waals surface area contributed by atoms with E-state index in [2.05, 4.69) is 0 Å². The molecule has 0 N–H and O–H groups in total. The topological polar surface area (TPSA) is 114 Å². The van der Waals surface area contributed by atoms with E-state index in [1.54, 1.807) is 62.4 Å². The Morgan fingerprint density at radius 3 is 1.14 bits per heavy atom. The molecule has 0 fully saturated rings. The van der Waals surface area contributed by atoms with Gasteiger partial charge in [0.1, 0.15) is 0 Å². The Morgan fingerprint density at radius 1 is 0.568 bits per heavy atom. The molecule has 0 aliphatic heterocycles. The number of rotatable bonds is 15. The van der Waals surface area contributed by atoms with Gasteiger partial charge in [-0.2, -0.15) is 0 Å². The molecule has 0 saturated heterocycles. The fourth-order valence-corrected chi connectivity index (χ4v) is 3.11. The van der Waals surface area contributed by atoms with E-state index in [4.69, 9.17) is 10.2 Å². The summed E-state index contributed by atoms with van der Waals surface area (Å²) >= 11 is 0. The largest absolute Gasteiger partial charge is 0.855 e. The molecule has 0 heterocycles. The van der Waals surface area contributed by atoms with E-state index in [9.17, 15) is 19.2 Å². The van der Waals surface area contributed by atoms with Gasteiger partial charge < -0.3 is 29.4 Å². The summed E-state index contributed by atoms with van der Waals surface area (Å²) in [5.41, 5.74) is 1.06. The number of ketones is 4. The van der Waals surface area contributed by atoms with Crippen molar-refractivity contribution < 1.29 is 51.1 Å². The number of hydrogen-bond donors (Lipinski definition) is 0. The molecular weight excluding hydrogens is 504 g/mol. The maximum atomic E-state index is 11.9. The van der Waals surface area contributed by atoms with E-state index in [1.165, 1.54) is 12.8 Å². The Kier molecular flexibility index (Phi) is 24.9. The molecule has 0 radical (unpaired) electrons. The first kappa shape index (κ1) is 36.7. The fraction of sp³-hybridized carbons (Fsp3) is 0.400. The number of Topliss-reactive ketones (excluding diaryl/α,β-unsaturated/α-hetero) is 4. The second-order valence-corrected chi connectivity index (χ2v) is 7.88. The molecule has 6 nitrogen and oxygen atoms in total. The van der Waals surface area contributed by atoms with Crippen LogP contribution >= 0.6 is 0 Å². The van der Waals surface area contributed by atoms with Gasteiger partial charge in [0.2, 0.25) is 0 Å². The first-order valence-electron chi connectivity index (χ1n) is 12.5. The first-order valence-corrected chi connectivity index (χ1v) is 12.5. The minimum Gasteiger partial charge on any atom is -0.855 e. The first-order chi connectivity index (χ1) is 17.4. The van der Waals surface area contributed by atoms with Crippen LogP contribution in [-0.2, 0) is 31.3 Å². The molecule has 0 aromatic heterocycles. The molecule has 0 saturated carbocycles. The van der Waals surface area contributed by atoms with Crippen LogP contribution in [0.1, 0.15) is 85.9 Å². The predicted molar refractivity (Wildman–Crippen MR) is 138 cm³/mol. The summed E-state index contributed by atoms with van der Waals surface area (Å²) in [7, 11) is 0. The van der Waals surface area contributed by atoms with Crippen LogP contribution in [0.5, 0.6) is 0 Å². The molecule has 0 spiro atoms. The van der Waals surface area contributed by atoms with Crippen LogP contribution in [0, 0.1) is 12.8 Å². The van der Waals surface area contributed by atoms with Crippen molar-refractivity contribution >= 4 is 23.1 Å². The molecule has 0 atom stereocenters. The summed E-state index contributed by atoms with van der Waals surface area (Å²) in [6, 6.07) is 17.6. The van der Waals surface area contributed by atoms with Gasteiger partial charge in [-0.15, -0.1) is 61.4 Å². The van der Waals surface area contributed by atoms with E-state index in [0.29, 0.717) is 24.0 Å². The monoisotopic (exact) mass is 542 g/mol. The minimum atomic E-state index is -0.243. The zero-order valence-electron chi connectivity index (χ0n) is 21.9. The average molecular weight is 542 g/mol. The fourth-order valence-electron chi connectivity index (χ4n) is 3.11. The molecule has 0 bridgehead atoms. The third kappa shape index (κ3) is 20.3. The molecule has 0 aliphatic rings. The average Bonchev–Trinajstić information content (AvgIpc) is 2.87. The van der Waals surface area contributed by atoms with E-state index in [0.717, 1.165) is 38.5 Å². The van der Waals surface area contributed by atoms with Gasteiger partial charge in [0.25, 0.3) is 0 Å². The van der Waals surface area contributed by atoms with Crippen LogP contribution in [0.15, 0.2) is 60.7 Å². The number of benzene rings is 2. The summed E-state index contributed by atoms with van der Waals surface area (Å²) in [5, 5.41) is 17.9. The SMILES string of the molecule is CC[O-].CC[O-].O=C([CH-]C(=O)c1ccccc1)CCCCCCCCC(=O)[CH-]C(=O)c1ccccc1.[Ti]. The maximum Gasteiger partial charge on any atom is 0.0798 e. The van der Waals surface area contributed by atoms with Gasteiger partial charge in [-0.25, -0.2) is 0 Å². The summed E-state index contributed by atoms with van der Waals surface area (Å²) in [5.74, 6) is -0.748. The third-order valence-corrected chi connectivity index (χ3v) is 4.80. The van der Waals surface area contributed by atoms with E-state index in [-0.39, 0.29) is 58.1 Å². The second kappa shape index (κ2) is 25.2. The number of unbranched alkanes of at least 4 members (excludes halogenated alkanes) is 5. The van der Waals surface area contributed by atoms with Gasteiger partial charge in [-0.05, 0) is 25.7 Å². The zero-order chi connectivity index (χ0) is 27.0. The molecule has 37 heavy (non-hydrogen) atoms. The van der Waals surface area contributed by atoms with Gasteiger partial charge in [0, 0.05) is 33.3 Å². The van der Waals surface area contributed by atoms with Gasteiger partial charge in [0.05, 0.1) is 11.6 Å². The van der Waals surface area contributed by atoms with Crippen LogP contribution in [0.4, 0.5) is 0 Å². The second-order valence-electron chi connectivity index (χ2n) is 7.88.